The minimum Gasteiger partial charge on any atom is -0.258 e. The molecule has 0 amide bonds. The van der Waals surface area contributed by atoms with Crippen molar-refractivity contribution >= 4 is 15.5 Å². The molecule has 1 heterocycles. The quantitative estimate of drug-likeness (QED) is 0.318. The molecule has 0 aliphatic rings. The van der Waals surface area contributed by atoms with Gasteiger partial charge in [0.1, 0.15) is 5.69 Å². The first kappa shape index (κ1) is 21.3. The summed E-state index contributed by atoms with van der Waals surface area (Å²) in [7, 11) is -3.70. The molecule has 0 N–H and O–H groups in total. The molecule has 1 aromatic heterocycles. The van der Waals surface area contributed by atoms with Gasteiger partial charge in [0.05, 0.1) is 21.3 Å². The third kappa shape index (κ3) is 4.52. The lowest BCUT2D eigenvalue weighted by Gasteiger charge is -2.10. The predicted molar refractivity (Wildman–Crippen MR) is 119 cm³/mol. The summed E-state index contributed by atoms with van der Waals surface area (Å²) in [4.78, 5) is 15.1. The molecular formula is C23H18N4O4S. The van der Waals surface area contributed by atoms with Crippen LogP contribution in [0.15, 0.2) is 83.8 Å². The molecule has 4 rings (SSSR count). The number of non-ortho nitro benzene ring substituents is 1. The first-order valence-corrected chi connectivity index (χ1v) is 11.3. The maximum absolute atomic E-state index is 13.1. The number of aryl methyl sites for hydroxylation is 1. The highest BCUT2D eigenvalue weighted by Gasteiger charge is 2.22. The van der Waals surface area contributed by atoms with Gasteiger partial charge >= 0.3 is 0 Å². The maximum atomic E-state index is 13.1. The second-order valence-corrected chi connectivity index (χ2v) is 9.16. The van der Waals surface area contributed by atoms with Crippen molar-refractivity contribution in [3.8, 4) is 22.6 Å². The number of hydrogen-bond acceptors (Lipinski definition) is 7. The highest BCUT2D eigenvalue weighted by molar-refractivity contribution is 7.90. The minimum absolute atomic E-state index is 0.0650. The first-order valence-electron chi connectivity index (χ1n) is 9.67. The van der Waals surface area contributed by atoms with E-state index in [0.29, 0.717) is 16.8 Å². The standard InChI is InChI=1S/C23H18N4O4S/c1-16-7-13-20(14-8-16)32(30,31)15-21-22(17-5-3-2-4-6-17)25-26-23(24-21)18-9-11-19(12-10-18)27(28)29/h2-14H,15H2,1H3. The van der Waals surface area contributed by atoms with Gasteiger partial charge < -0.3 is 0 Å². The van der Waals surface area contributed by atoms with Gasteiger partial charge in [0.15, 0.2) is 15.7 Å². The van der Waals surface area contributed by atoms with Crippen molar-refractivity contribution in [3.05, 3.63) is 100 Å². The van der Waals surface area contributed by atoms with Crippen molar-refractivity contribution < 1.29 is 13.3 Å². The maximum Gasteiger partial charge on any atom is 0.269 e. The molecule has 0 aliphatic heterocycles. The van der Waals surface area contributed by atoms with Gasteiger partial charge in [-0.25, -0.2) is 13.4 Å². The van der Waals surface area contributed by atoms with Crippen LogP contribution in [0.4, 0.5) is 5.69 Å². The number of nitro benzene ring substituents is 1. The molecule has 0 radical (unpaired) electrons. The molecule has 0 saturated carbocycles. The molecule has 32 heavy (non-hydrogen) atoms. The molecule has 0 aliphatic carbocycles. The predicted octanol–water partition coefficient (Wildman–Crippen LogP) is 4.40. The van der Waals surface area contributed by atoms with Crippen molar-refractivity contribution in [2.45, 2.75) is 17.6 Å². The summed E-state index contributed by atoms with van der Waals surface area (Å²) in [5.74, 6) is -0.177. The summed E-state index contributed by atoms with van der Waals surface area (Å²) < 4.78 is 26.2. The molecule has 0 unspecified atom stereocenters. The molecule has 3 aromatic carbocycles. The Hall–Kier alpha value is -3.98. The van der Waals surface area contributed by atoms with Gasteiger partial charge in [-0.15, -0.1) is 10.2 Å². The van der Waals surface area contributed by atoms with Crippen LogP contribution >= 0.6 is 0 Å². The largest absolute Gasteiger partial charge is 0.269 e. The van der Waals surface area contributed by atoms with E-state index in [-0.39, 0.29) is 27.9 Å². The average Bonchev–Trinajstić information content (AvgIpc) is 2.80. The van der Waals surface area contributed by atoms with Crippen molar-refractivity contribution in [1.29, 1.82) is 0 Å². The Morgan fingerprint density at radius 1 is 0.844 bits per heavy atom. The highest BCUT2D eigenvalue weighted by atomic mass is 32.2. The number of benzene rings is 3. The van der Waals surface area contributed by atoms with Crippen LogP contribution in [0.3, 0.4) is 0 Å². The Kier molecular flexibility index (Phi) is 5.74. The summed E-state index contributed by atoms with van der Waals surface area (Å²) in [5, 5.41) is 19.3. The van der Waals surface area contributed by atoms with Gasteiger partial charge in [-0.05, 0) is 31.2 Å². The Morgan fingerprint density at radius 2 is 1.50 bits per heavy atom. The topological polar surface area (TPSA) is 116 Å². The van der Waals surface area contributed by atoms with Crippen LogP contribution in [0, 0.1) is 17.0 Å². The van der Waals surface area contributed by atoms with E-state index in [1.807, 2.05) is 25.1 Å². The summed E-state index contributed by atoms with van der Waals surface area (Å²) >= 11 is 0. The van der Waals surface area contributed by atoms with Crippen molar-refractivity contribution in [3.63, 3.8) is 0 Å². The lowest BCUT2D eigenvalue weighted by Crippen LogP contribution is -2.10. The summed E-state index contributed by atoms with van der Waals surface area (Å²) in [5.41, 5.74) is 2.70. The Morgan fingerprint density at radius 3 is 2.12 bits per heavy atom. The van der Waals surface area contributed by atoms with Gasteiger partial charge in [-0.3, -0.25) is 10.1 Å². The summed E-state index contributed by atoms with van der Waals surface area (Å²) in [6.45, 7) is 1.88. The van der Waals surface area contributed by atoms with E-state index in [0.717, 1.165) is 5.56 Å². The first-order chi connectivity index (χ1) is 15.3. The van der Waals surface area contributed by atoms with E-state index in [1.165, 1.54) is 24.3 Å². The molecule has 0 saturated heterocycles. The Balaban J connectivity index is 1.79. The van der Waals surface area contributed by atoms with Crippen LogP contribution in [-0.2, 0) is 15.6 Å². The van der Waals surface area contributed by atoms with Crippen molar-refractivity contribution in [1.82, 2.24) is 15.2 Å². The van der Waals surface area contributed by atoms with E-state index in [2.05, 4.69) is 15.2 Å². The molecule has 4 aromatic rings. The third-order valence-corrected chi connectivity index (χ3v) is 6.49. The molecular weight excluding hydrogens is 428 g/mol. The van der Waals surface area contributed by atoms with E-state index in [4.69, 9.17) is 0 Å². The van der Waals surface area contributed by atoms with Crippen LogP contribution in [0.2, 0.25) is 0 Å². The second kappa shape index (κ2) is 8.64. The fourth-order valence-corrected chi connectivity index (χ4v) is 4.42. The number of nitrogens with zero attached hydrogens (tertiary/aromatic N) is 4. The number of nitro groups is 1. The molecule has 0 atom stereocenters. The molecule has 0 fully saturated rings. The Labute approximate surface area is 184 Å². The Bertz CT molecular complexity index is 1370. The van der Waals surface area contributed by atoms with Crippen LogP contribution in [0.1, 0.15) is 11.3 Å². The third-order valence-electron chi connectivity index (χ3n) is 4.85. The van der Waals surface area contributed by atoms with Crippen molar-refractivity contribution in [2.24, 2.45) is 0 Å². The average molecular weight is 446 g/mol. The van der Waals surface area contributed by atoms with Gasteiger partial charge in [0, 0.05) is 23.3 Å². The molecule has 0 bridgehead atoms. The number of sulfone groups is 1. The zero-order chi connectivity index (χ0) is 22.7. The zero-order valence-corrected chi connectivity index (χ0v) is 17.9. The minimum atomic E-state index is -3.70. The molecule has 9 heteroatoms. The van der Waals surface area contributed by atoms with Crippen LogP contribution in [-0.4, -0.2) is 28.5 Å². The van der Waals surface area contributed by atoms with E-state index >= 15 is 0 Å². The fourth-order valence-electron chi connectivity index (χ4n) is 3.14. The van der Waals surface area contributed by atoms with Crippen LogP contribution in [0.5, 0.6) is 0 Å². The van der Waals surface area contributed by atoms with Crippen LogP contribution in [0.25, 0.3) is 22.6 Å². The lowest BCUT2D eigenvalue weighted by atomic mass is 10.1. The van der Waals surface area contributed by atoms with Gasteiger partial charge in [-0.2, -0.15) is 0 Å². The summed E-state index contributed by atoms with van der Waals surface area (Å²) in [6, 6.07) is 21.4. The number of hydrogen-bond donors (Lipinski definition) is 0. The fraction of sp³-hybridized carbons (Fsp3) is 0.0870. The second-order valence-electron chi connectivity index (χ2n) is 7.17. The smallest absolute Gasteiger partial charge is 0.258 e. The highest BCUT2D eigenvalue weighted by Crippen LogP contribution is 2.26. The molecule has 8 nitrogen and oxygen atoms in total. The normalized spacial score (nSPS) is 11.3. The number of rotatable bonds is 6. The number of aromatic nitrogens is 3. The molecule has 160 valence electrons. The van der Waals surface area contributed by atoms with E-state index in [9.17, 15) is 18.5 Å². The van der Waals surface area contributed by atoms with E-state index in [1.54, 1.807) is 36.4 Å². The van der Waals surface area contributed by atoms with Gasteiger partial charge in [0.2, 0.25) is 0 Å². The van der Waals surface area contributed by atoms with Gasteiger partial charge in [0.25, 0.3) is 5.69 Å². The van der Waals surface area contributed by atoms with Crippen LogP contribution < -0.4 is 0 Å². The summed E-state index contributed by atoms with van der Waals surface area (Å²) in [6.07, 6.45) is 0. The SMILES string of the molecule is Cc1ccc(S(=O)(=O)Cc2nc(-c3ccc([N+](=O)[O-])cc3)nnc2-c2ccccc2)cc1. The zero-order valence-electron chi connectivity index (χ0n) is 17.0. The lowest BCUT2D eigenvalue weighted by molar-refractivity contribution is -0.384. The monoisotopic (exact) mass is 446 g/mol. The molecule has 0 spiro atoms. The van der Waals surface area contributed by atoms with Crippen molar-refractivity contribution in [2.75, 3.05) is 0 Å². The van der Waals surface area contributed by atoms with Gasteiger partial charge in [-0.1, -0.05) is 48.0 Å². The van der Waals surface area contributed by atoms with E-state index < -0.39 is 14.8 Å².